The first-order valence-electron chi connectivity index (χ1n) is 9.41. The van der Waals surface area contributed by atoms with Gasteiger partial charge < -0.3 is 15.4 Å². The van der Waals surface area contributed by atoms with Crippen LogP contribution in [0.2, 0.25) is 0 Å². The van der Waals surface area contributed by atoms with Gasteiger partial charge in [-0.3, -0.25) is 19.1 Å². The normalized spacial score (nSPS) is 11.1. The average molecular weight is 406 g/mol. The van der Waals surface area contributed by atoms with E-state index in [2.05, 4.69) is 4.98 Å². The highest BCUT2D eigenvalue weighted by atomic mass is 19.1. The summed E-state index contributed by atoms with van der Waals surface area (Å²) >= 11 is 0. The van der Waals surface area contributed by atoms with E-state index in [1.165, 1.54) is 28.7 Å². The van der Waals surface area contributed by atoms with Gasteiger partial charge in [0.1, 0.15) is 11.6 Å². The molecule has 0 radical (unpaired) electrons. The molecule has 8 nitrogen and oxygen atoms in total. The van der Waals surface area contributed by atoms with E-state index in [0.717, 1.165) is 5.56 Å². The van der Waals surface area contributed by atoms with Crippen LogP contribution in [0.15, 0.2) is 33.9 Å². The fraction of sp³-hybridized carbons (Fsp3) is 0.450. The quantitative estimate of drug-likeness (QED) is 0.656. The largest absolute Gasteiger partial charge is 0.383 e. The minimum atomic E-state index is -0.723. The minimum absolute atomic E-state index is 0.0568. The van der Waals surface area contributed by atoms with E-state index in [9.17, 15) is 18.8 Å². The number of halogens is 1. The van der Waals surface area contributed by atoms with Gasteiger partial charge >= 0.3 is 5.69 Å². The third-order valence-electron chi connectivity index (χ3n) is 4.39. The van der Waals surface area contributed by atoms with Crippen molar-refractivity contribution in [3.8, 4) is 0 Å². The number of methoxy groups -OCH3 is 1. The summed E-state index contributed by atoms with van der Waals surface area (Å²) in [6.07, 6.45) is 0.448. The monoisotopic (exact) mass is 406 g/mol. The molecule has 1 aromatic carbocycles. The number of hydrogen-bond acceptors (Lipinski definition) is 5. The Kier molecular flexibility index (Phi) is 7.72. The van der Waals surface area contributed by atoms with Gasteiger partial charge in [0, 0.05) is 26.6 Å². The number of nitrogens with zero attached hydrogens (tertiary/aromatic N) is 2. The first-order valence-corrected chi connectivity index (χ1v) is 9.41. The number of hydrogen-bond donors (Lipinski definition) is 2. The molecule has 2 aromatic rings. The maximum atomic E-state index is 13.1. The van der Waals surface area contributed by atoms with Crippen LogP contribution in [0.4, 0.5) is 15.9 Å². The number of nitrogens with one attached hydrogen (secondary N) is 1. The van der Waals surface area contributed by atoms with Crippen molar-refractivity contribution in [1.82, 2.24) is 9.55 Å². The number of carbonyl (C=O) groups is 1. The first-order chi connectivity index (χ1) is 13.7. The molecule has 0 spiro atoms. The molecule has 0 bridgehead atoms. The van der Waals surface area contributed by atoms with E-state index < -0.39 is 11.2 Å². The van der Waals surface area contributed by atoms with E-state index in [-0.39, 0.29) is 48.7 Å². The van der Waals surface area contributed by atoms with Crippen LogP contribution in [0.5, 0.6) is 0 Å². The predicted molar refractivity (Wildman–Crippen MR) is 110 cm³/mol. The molecule has 0 aliphatic carbocycles. The van der Waals surface area contributed by atoms with Crippen molar-refractivity contribution in [1.29, 1.82) is 0 Å². The number of aromatic amines is 1. The summed E-state index contributed by atoms with van der Waals surface area (Å²) in [7, 11) is 1.48. The van der Waals surface area contributed by atoms with E-state index in [4.69, 9.17) is 10.5 Å². The number of benzene rings is 1. The van der Waals surface area contributed by atoms with Crippen molar-refractivity contribution in [2.75, 3.05) is 30.9 Å². The summed E-state index contributed by atoms with van der Waals surface area (Å²) in [4.78, 5) is 41.1. The van der Waals surface area contributed by atoms with E-state index in [1.54, 1.807) is 12.1 Å². The van der Waals surface area contributed by atoms with Crippen molar-refractivity contribution >= 4 is 17.4 Å². The van der Waals surface area contributed by atoms with Crippen LogP contribution < -0.4 is 21.9 Å². The molecular formula is C20H27FN4O4. The molecule has 1 amide bonds. The third kappa shape index (κ3) is 5.77. The van der Waals surface area contributed by atoms with Gasteiger partial charge in [0.2, 0.25) is 5.91 Å². The summed E-state index contributed by atoms with van der Waals surface area (Å²) in [5.74, 6) is -0.652. The van der Waals surface area contributed by atoms with Crippen molar-refractivity contribution in [3.63, 3.8) is 0 Å². The van der Waals surface area contributed by atoms with Crippen LogP contribution in [0.1, 0.15) is 25.8 Å². The van der Waals surface area contributed by atoms with Crippen molar-refractivity contribution in [3.05, 3.63) is 56.5 Å². The van der Waals surface area contributed by atoms with Gasteiger partial charge in [-0.1, -0.05) is 26.0 Å². The lowest BCUT2D eigenvalue weighted by Crippen LogP contribution is -2.43. The molecule has 9 heteroatoms. The molecule has 0 atom stereocenters. The molecule has 0 saturated heterocycles. The zero-order valence-electron chi connectivity index (χ0n) is 16.9. The molecule has 0 aliphatic rings. The lowest BCUT2D eigenvalue weighted by molar-refractivity contribution is -0.118. The van der Waals surface area contributed by atoms with Crippen LogP contribution in [0, 0.1) is 11.7 Å². The number of carbonyl (C=O) groups excluding carboxylic acids is 1. The molecule has 3 N–H and O–H groups in total. The molecule has 29 heavy (non-hydrogen) atoms. The van der Waals surface area contributed by atoms with Gasteiger partial charge in [0.15, 0.2) is 5.69 Å². The lowest BCUT2D eigenvalue weighted by Gasteiger charge is -2.24. The predicted octanol–water partition coefficient (Wildman–Crippen LogP) is 1.53. The molecule has 0 unspecified atom stereocenters. The number of ether oxygens (including phenoxy) is 1. The van der Waals surface area contributed by atoms with Crippen LogP contribution in [0.25, 0.3) is 0 Å². The zero-order chi connectivity index (χ0) is 21.6. The van der Waals surface area contributed by atoms with Gasteiger partial charge in [0.25, 0.3) is 5.56 Å². The number of aromatic nitrogens is 2. The topological polar surface area (TPSA) is 110 Å². The zero-order valence-corrected chi connectivity index (χ0v) is 16.9. The highest BCUT2D eigenvalue weighted by molar-refractivity contribution is 5.95. The number of H-pyrrole nitrogens is 1. The Morgan fingerprint density at radius 3 is 2.52 bits per heavy atom. The minimum Gasteiger partial charge on any atom is -0.383 e. The van der Waals surface area contributed by atoms with Crippen molar-refractivity contribution in [2.24, 2.45) is 5.92 Å². The number of nitrogens with two attached hydrogens (primary N) is 1. The molecule has 1 aromatic heterocycles. The van der Waals surface area contributed by atoms with E-state index in [0.29, 0.717) is 13.0 Å². The smallest absolute Gasteiger partial charge is 0.330 e. The van der Waals surface area contributed by atoms with Crippen molar-refractivity contribution < 1.29 is 13.9 Å². The van der Waals surface area contributed by atoms with Gasteiger partial charge in [-0.25, -0.2) is 9.18 Å². The third-order valence-corrected chi connectivity index (χ3v) is 4.39. The Morgan fingerprint density at radius 1 is 1.28 bits per heavy atom. The standard InChI is InChI=1S/C20H27FN4O4/c1-13(2)12-25-18(22)17(19(27)23-20(25)28)24(10-11-29-3)16(26)9-6-14-4-7-15(21)8-5-14/h4-5,7-8,13H,6,9-12,22H2,1-3H3,(H,23,27,28). The second-order valence-corrected chi connectivity index (χ2v) is 7.16. The van der Waals surface area contributed by atoms with Crippen LogP contribution in [-0.4, -0.2) is 35.7 Å². The molecule has 1 heterocycles. The summed E-state index contributed by atoms with van der Waals surface area (Å²) < 4.78 is 19.4. The second-order valence-electron chi connectivity index (χ2n) is 7.16. The fourth-order valence-corrected chi connectivity index (χ4v) is 2.97. The van der Waals surface area contributed by atoms with Crippen LogP contribution in [-0.2, 0) is 22.5 Å². The van der Waals surface area contributed by atoms with Crippen molar-refractivity contribution in [2.45, 2.75) is 33.2 Å². The molecule has 0 aliphatic heterocycles. The number of nitrogen functional groups attached to an aromatic ring is 1. The maximum absolute atomic E-state index is 13.1. The number of amides is 1. The van der Waals surface area contributed by atoms with E-state index in [1.807, 2.05) is 13.8 Å². The Morgan fingerprint density at radius 2 is 1.93 bits per heavy atom. The molecule has 158 valence electrons. The number of anilines is 2. The van der Waals surface area contributed by atoms with Crippen LogP contribution in [0.3, 0.4) is 0 Å². The van der Waals surface area contributed by atoms with Gasteiger partial charge in [-0.15, -0.1) is 0 Å². The SMILES string of the molecule is COCCN(C(=O)CCc1ccc(F)cc1)c1c(N)n(CC(C)C)c(=O)[nH]c1=O. The Hall–Kier alpha value is -2.94. The van der Waals surface area contributed by atoms with E-state index >= 15 is 0 Å². The summed E-state index contributed by atoms with van der Waals surface area (Å²) in [6.45, 7) is 4.41. The summed E-state index contributed by atoms with van der Waals surface area (Å²) in [5.41, 5.74) is 5.52. The fourth-order valence-electron chi connectivity index (χ4n) is 2.97. The molecular weight excluding hydrogens is 379 g/mol. The van der Waals surface area contributed by atoms with Gasteiger partial charge in [0.05, 0.1) is 6.61 Å². The Labute approximate surface area is 168 Å². The average Bonchev–Trinajstić information content (AvgIpc) is 2.66. The Bertz CT molecular complexity index is 950. The lowest BCUT2D eigenvalue weighted by atomic mass is 10.1. The molecule has 0 saturated carbocycles. The maximum Gasteiger partial charge on any atom is 0.330 e. The summed E-state index contributed by atoms with van der Waals surface area (Å²) in [6, 6.07) is 5.86. The molecule has 0 fully saturated rings. The Balaban J connectivity index is 2.35. The number of rotatable bonds is 9. The van der Waals surface area contributed by atoms with Gasteiger partial charge in [-0.2, -0.15) is 0 Å². The highest BCUT2D eigenvalue weighted by Gasteiger charge is 2.24. The first kappa shape index (κ1) is 22.4. The summed E-state index contributed by atoms with van der Waals surface area (Å²) in [5, 5.41) is 0. The van der Waals surface area contributed by atoms with Gasteiger partial charge in [-0.05, 0) is 30.0 Å². The second kappa shape index (κ2) is 10.0. The highest BCUT2D eigenvalue weighted by Crippen LogP contribution is 2.19. The van der Waals surface area contributed by atoms with Crippen LogP contribution >= 0.6 is 0 Å². The molecule has 2 rings (SSSR count). The number of aryl methyl sites for hydroxylation is 1.